The van der Waals surface area contributed by atoms with Crippen molar-refractivity contribution in [2.75, 3.05) is 0 Å². The van der Waals surface area contributed by atoms with E-state index in [0.717, 1.165) is 0 Å². The summed E-state index contributed by atoms with van der Waals surface area (Å²) >= 11 is 0. The molecule has 0 atom stereocenters. The van der Waals surface area contributed by atoms with Gasteiger partial charge in [0, 0.05) is 19.4 Å². The number of nitrogens with zero attached hydrogens (tertiary/aromatic N) is 3. The number of aromatic hydroxyl groups is 1. The summed E-state index contributed by atoms with van der Waals surface area (Å²) in [6.45, 7) is 1.90. The van der Waals surface area contributed by atoms with Crippen molar-refractivity contribution in [3.63, 3.8) is 0 Å². The first-order valence-electron chi connectivity index (χ1n) is 5.06. The summed E-state index contributed by atoms with van der Waals surface area (Å²) < 4.78 is 2.73. The Balaban J connectivity index is 2.75. The number of imidazole rings is 1. The first kappa shape index (κ1) is 10.5. The van der Waals surface area contributed by atoms with Crippen LogP contribution in [0, 0.1) is 0 Å². The van der Waals surface area contributed by atoms with Crippen molar-refractivity contribution < 1.29 is 5.11 Å². The van der Waals surface area contributed by atoms with E-state index in [1.807, 2.05) is 6.92 Å². The van der Waals surface area contributed by atoms with Gasteiger partial charge >= 0.3 is 5.69 Å². The molecule has 5 nitrogen and oxygen atoms in total. The smallest absolute Gasteiger partial charge is 0.335 e. The fourth-order valence-corrected chi connectivity index (χ4v) is 1.73. The maximum atomic E-state index is 11.9. The third kappa shape index (κ3) is 1.41. The molecule has 0 saturated heterocycles. The third-order valence-corrected chi connectivity index (χ3v) is 2.58. The van der Waals surface area contributed by atoms with Gasteiger partial charge < -0.3 is 5.11 Å². The molecule has 2 heterocycles. The second-order valence-electron chi connectivity index (χ2n) is 3.51. The molecule has 0 fully saturated rings. The number of rotatable bonds is 2. The molecule has 0 aliphatic rings. The molecule has 2 aromatic rings. The molecule has 1 N–H and O–H groups in total. The van der Waals surface area contributed by atoms with Gasteiger partial charge in [-0.05, 0) is 18.6 Å². The lowest BCUT2D eigenvalue weighted by Crippen LogP contribution is -2.21. The summed E-state index contributed by atoms with van der Waals surface area (Å²) in [6.07, 6.45) is 3.82. The Morgan fingerprint density at radius 3 is 2.56 bits per heavy atom. The van der Waals surface area contributed by atoms with Crippen molar-refractivity contribution in [1.82, 2.24) is 14.1 Å². The van der Waals surface area contributed by atoms with Crippen molar-refractivity contribution in [3.05, 3.63) is 40.7 Å². The van der Waals surface area contributed by atoms with E-state index in [2.05, 4.69) is 4.98 Å². The molecule has 2 rings (SSSR count). The summed E-state index contributed by atoms with van der Waals surface area (Å²) in [5, 5.41) is 9.79. The minimum atomic E-state index is -0.249. The van der Waals surface area contributed by atoms with Gasteiger partial charge in [0.05, 0.1) is 11.4 Å². The SMILES string of the molecule is CCc1c(O)n(C)c(=O)n1-c1ccncc1. The second kappa shape index (κ2) is 3.84. The molecule has 84 valence electrons. The molecule has 0 bridgehead atoms. The zero-order chi connectivity index (χ0) is 11.7. The standard InChI is InChI=1S/C11H13N3O2/c1-3-9-10(15)13(2)11(16)14(9)8-4-6-12-7-5-8/h4-7,15H,3H2,1-2H3. The third-order valence-electron chi connectivity index (χ3n) is 2.58. The molecular weight excluding hydrogens is 206 g/mol. The minimum Gasteiger partial charge on any atom is -0.493 e. The van der Waals surface area contributed by atoms with Gasteiger partial charge in [-0.3, -0.25) is 14.1 Å². The molecule has 0 aromatic carbocycles. The number of aromatic nitrogens is 3. The van der Waals surface area contributed by atoms with Crippen LogP contribution < -0.4 is 5.69 Å². The Bertz CT molecular complexity index is 555. The van der Waals surface area contributed by atoms with Crippen LogP contribution in [0.15, 0.2) is 29.3 Å². The van der Waals surface area contributed by atoms with Crippen LogP contribution in [0.3, 0.4) is 0 Å². The highest BCUT2D eigenvalue weighted by atomic mass is 16.3. The molecular formula is C11H13N3O2. The van der Waals surface area contributed by atoms with Gasteiger partial charge in [0.2, 0.25) is 5.88 Å². The highest BCUT2D eigenvalue weighted by Crippen LogP contribution is 2.18. The van der Waals surface area contributed by atoms with Crippen molar-refractivity contribution in [2.45, 2.75) is 13.3 Å². The van der Waals surface area contributed by atoms with Crippen molar-refractivity contribution in [2.24, 2.45) is 7.05 Å². The zero-order valence-electron chi connectivity index (χ0n) is 9.21. The Morgan fingerprint density at radius 2 is 2.00 bits per heavy atom. The van der Waals surface area contributed by atoms with Crippen LogP contribution in [0.4, 0.5) is 0 Å². The highest BCUT2D eigenvalue weighted by molar-refractivity contribution is 5.35. The van der Waals surface area contributed by atoms with Gasteiger partial charge in [-0.25, -0.2) is 4.79 Å². The summed E-state index contributed by atoms with van der Waals surface area (Å²) in [5.41, 5.74) is 1.08. The summed E-state index contributed by atoms with van der Waals surface area (Å²) in [4.78, 5) is 15.8. The lowest BCUT2D eigenvalue weighted by molar-refractivity contribution is 0.424. The van der Waals surface area contributed by atoms with E-state index < -0.39 is 0 Å². The second-order valence-corrected chi connectivity index (χ2v) is 3.51. The molecule has 2 aromatic heterocycles. The Labute approximate surface area is 92.6 Å². The topological polar surface area (TPSA) is 60.1 Å². The van der Waals surface area contributed by atoms with E-state index in [-0.39, 0.29) is 11.6 Å². The van der Waals surface area contributed by atoms with Gasteiger partial charge in [0.25, 0.3) is 0 Å². The normalized spacial score (nSPS) is 10.6. The summed E-state index contributed by atoms with van der Waals surface area (Å²) in [5.74, 6) is 0.0179. The molecule has 0 radical (unpaired) electrons. The van der Waals surface area contributed by atoms with Gasteiger partial charge in [0.15, 0.2) is 0 Å². The fraction of sp³-hybridized carbons (Fsp3) is 0.273. The Morgan fingerprint density at radius 1 is 1.38 bits per heavy atom. The molecule has 0 unspecified atom stereocenters. The fourth-order valence-electron chi connectivity index (χ4n) is 1.73. The molecule has 0 aliphatic carbocycles. The van der Waals surface area contributed by atoms with Crippen LogP contribution in [0.25, 0.3) is 5.69 Å². The van der Waals surface area contributed by atoms with Crippen LogP contribution >= 0.6 is 0 Å². The lowest BCUT2D eigenvalue weighted by Gasteiger charge is -2.04. The van der Waals surface area contributed by atoms with Gasteiger partial charge in [-0.2, -0.15) is 0 Å². The first-order valence-corrected chi connectivity index (χ1v) is 5.06. The Hall–Kier alpha value is -2.04. The van der Waals surface area contributed by atoms with E-state index >= 15 is 0 Å². The van der Waals surface area contributed by atoms with Gasteiger partial charge in [-0.15, -0.1) is 0 Å². The zero-order valence-corrected chi connectivity index (χ0v) is 9.21. The summed E-state index contributed by atoms with van der Waals surface area (Å²) in [7, 11) is 1.55. The lowest BCUT2D eigenvalue weighted by atomic mass is 10.3. The minimum absolute atomic E-state index is 0.0179. The average molecular weight is 219 g/mol. The number of hydrogen-bond donors (Lipinski definition) is 1. The van der Waals surface area contributed by atoms with Crippen LogP contribution in [0.5, 0.6) is 5.88 Å². The van der Waals surface area contributed by atoms with Crippen molar-refractivity contribution >= 4 is 0 Å². The average Bonchev–Trinajstić information content (AvgIpc) is 2.54. The highest BCUT2D eigenvalue weighted by Gasteiger charge is 2.16. The van der Waals surface area contributed by atoms with Crippen LogP contribution in [0.1, 0.15) is 12.6 Å². The molecule has 0 aliphatic heterocycles. The predicted octanol–water partition coefficient (Wildman–Crippen LogP) is 0.839. The molecule has 16 heavy (non-hydrogen) atoms. The van der Waals surface area contributed by atoms with E-state index in [0.29, 0.717) is 17.8 Å². The maximum absolute atomic E-state index is 11.9. The molecule has 0 spiro atoms. The largest absolute Gasteiger partial charge is 0.493 e. The predicted molar refractivity (Wildman–Crippen MR) is 59.8 cm³/mol. The summed E-state index contributed by atoms with van der Waals surface area (Å²) in [6, 6.07) is 3.47. The van der Waals surface area contributed by atoms with Crippen LogP contribution in [-0.4, -0.2) is 19.2 Å². The molecule has 0 saturated carbocycles. The van der Waals surface area contributed by atoms with Crippen molar-refractivity contribution in [3.8, 4) is 11.6 Å². The van der Waals surface area contributed by atoms with Crippen molar-refractivity contribution in [1.29, 1.82) is 0 Å². The van der Waals surface area contributed by atoms with E-state index in [9.17, 15) is 9.90 Å². The number of pyridine rings is 1. The van der Waals surface area contributed by atoms with E-state index in [4.69, 9.17) is 0 Å². The number of hydrogen-bond acceptors (Lipinski definition) is 3. The van der Waals surface area contributed by atoms with E-state index in [1.165, 1.54) is 9.13 Å². The monoisotopic (exact) mass is 219 g/mol. The molecule has 5 heteroatoms. The van der Waals surface area contributed by atoms with Crippen LogP contribution in [0.2, 0.25) is 0 Å². The maximum Gasteiger partial charge on any atom is 0.335 e. The van der Waals surface area contributed by atoms with Crippen LogP contribution in [-0.2, 0) is 13.5 Å². The first-order chi connectivity index (χ1) is 7.66. The molecule has 0 amide bonds. The Kier molecular flexibility index (Phi) is 2.52. The van der Waals surface area contributed by atoms with Gasteiger partial charge in [-0.1, -0.05) is 6.92 Å². The van der Waals surface area contributed by atoms with Gasteiger partial charge in [0.1, 0.15) is 0 Å². The quantitative estimate of drug-likeness (QED) is 0.814. The van der Waals surface area contributed by atoms with E-state index in [1.54, 1.807) is 31.6 Å².